The third-order valence-corrected chi connectivity index (χ3v) is 4.88. The zero-order chi connectivity index (χ0) is 18.7. The van der Waals surface area contributed by atoms with Crippen molar-refractivity contribution in [1.29, 1.82) is 0 Å². The highest BCUT2D eigenvalue weighted by Crippen LogP contribution is 2.39. The first-order chi connectivity index (χ1) is 12.0. The summed E-state index contributed by atoms with van der Waals surface area (Å²) in [4.78, 5) is 10.5. The Kier molecular flexibility index (Phi) is 10.4. The van der Waals surface area contributed by atoms with Crippen LogP contribution in [0.1, 0.15) is 64.7 Å². The van der Waals surface area contributed by atoms with Gasteiger partial charge in [0.1, 0.15) is 0 Å². The van der Waals surface area contributed by atoms with Gasteiger partial charge in [0.25, 0.3) is 0 Å². The number of aliphatic hydroxyl groups is 2. The largest absolute Gasteiger partial charge is 0.481 e. The summed E-state index contributed by atoms with van der Waals surface area (Å²) in [6.45, 7) is 6.23. The van der Waals surface area contributed by atoms with E-state index in [0.717, 1.165) is 44.1 Å². The smallest absolute Gasteiger partial charge is 0.303 e. The Balaban J connectivity index is 2.48. The molecule has 4 atom stereocenters. The molecule has 0 saturated heterocycles. The van der Waals surface area contributed by atoms with E-state index in [1.165, 1.54) is 0 Å². The number of carbonyl (C=O) groups is 1. The summed E-state index contributed by atoms with van der Waals surface area (Å²) in [5, 5.41) is 28.9. The number of aliphatic carboxylic acids is 1. The fourth-order valence-corrected chi connectivity index (χ4v) is 3.37. The van der Waals surface area contributed by atoms with E-state index in [1.807, 2.05) is 24.3 Å². The van der Waals surface area contributed by atoms with E-state index < -0.39 is 18.2 Å². The van der Waals surface area contributed by atoms with Crippen molar-refractivity contribution in [2.24, 2.45) is 11.8 Å². The fourth-order valence-electron chi connectivity index (χ4n) is 3.37. The first-order valence-electron chi connectivity index (χ1n) is 9.54. The van der Waals surface area contributed by atoms with E-state index in [-0.39, 0.29) is 18.3 Å². The maximum atomic E-state index is 10.5. The molecular formula is C21H34O4. The summed E-state index contributed by atoms with van der Waals surface area (Å²) in [6, 6.07) is 0. The number of carboxylic acids is 1. The molecule has 1 aliphatic carbocycles. The van der Waals surface area contributed by atoms with Crippen molar-refractivity contribution in [2.45, 2.75) is 76.9 Å². The quantitative estimate of drug-likeness (QED) is 0.363. The number of allylic oxidation sites excluding steroid dienone is 3. The fraction of sp³-hybridized carbons (Fsp3) is 0.667. The van der Waals surface area contributed by atoms with Gasteiger partial charge in [0.15, 0.2) is 0 Å². The minimum atomic E-state index is -0.765. The van der Waals surface area contributed by atoms with Crippen molar-refractivity contribution in [1.82, 2.24) is 0 Å². The van der Waals surface area contributed by atoms with Gasteiger partial charge in [0, 0.05) is 12.3 Å². The summed E-state index contributed by atoms with van der Waals surface area (Å²) in [5.41, 5.74) is 1.02. The summed E-state index contributed by atoms with van der Waals surface area (Å²) in [6.07, 6.45) is 14.1. The zero-order valence-electron chi connectivity index (χ0n) is 15.4. The van der Waals surface area contributed by atoms with Crippen LogP contribution in [0.4, 0.5) is 0 Å². The Morgan fingerprint density at radius 3 is 2.76 bits per heavy atom. The molecule has 142 valence electrons. The second-order valence-electron chi connectivity index (χ2n) is 7.06. The van der Waals surface area contributed by atoms with Gasteiger partial charge in [0.2, 0.25) is 0 Å². The van der Waals surface area contributed by atoms with E-state index >= 15 is 0 Å². The molecule has 3 N–H and O–H groups in total. The molecule has 1 saturated carbocycles. The molecule has 25 heavy (non-hydrogen) atoms. The van der Waals surface area contributed by atoms with Crippen LogP contribution in [0.15, 0.2) is 36.5 Å². The summed E-state index contributed by atoms with van der Waals surface area (Å²) >= 11 is 0. The molecule has 0 amide bonds. The first-order valence-corrected chi connectivity index (χ1v) is 9.54. The van der Waals surface area contributed by atoms with Crippen molar-refractivity contribution >= 4 is 5.97 Å². The van der Waals surface area contributed by atoms with Crippen molar-refractivity contribution < 1.29 is 20.1 Å². The van der Waals surface area contributed by atoms with E-state index in [1.54, 1.807) is 0 Å². The number of aliphatic hydroxyl groups excluding tert-OH is 2. The van der Waals surface area contributed by atoms with Crippen molar-refractivity contribution in [2.75, 3.05) is 0 Å². The maximum Gasteiger partial charge on any atom is 0.303 e. The monoisotopic (exact) mass is 350 g/mol. The predicted molar refractivity (Wildman–Crippen MR) is 101 cm³/mol. The van der Waals surface area contributed by atoms with Crippen LogP contribution < -0.4 is 0 Å². The van der Waals surface area contributed by atoms with Crippen molar-refractivity contribution in [3.63, 3.8) is 0 Å². The van der Waals surface area contributed by atoms with Crippen LogP contribution in [0.2, 0.25) is 0 Å². The maximum absolute atomic E-state index is 10.5. The molecule has 0 bridgehead atoms. The van der Waals surface area contributed by atoms with Crippen molar-refractivity contribution in [3.05, 3.63) is 36.5 Å². The average Bonchev–Trinajstić information content (AvgIpc) is 2.82. The molecule has 4 heteroatoms. The standard InChI is InChI=1S/C21H34O4/c1-3-4-7-10-17(22)13-14-18-16(2)15-20(23)19(18)11-8-5-6-9-12-21(24)25/h5,8,13-14,17-20,22-23H,2-4,6-7,9-12,15H2,1H3,(H,24,25)/b8-5-,14-13+/t17?,18-,19?,20?/m0/s1. The molecule has 0 radical (unpaired) electrons. The predicted octanol–water partition coefficient (Wildman–Crippen LogP) is 4.24. The van der Waals surface area contributed by atoms with Gasteiger partial charge in [-0.15, -0.1) is 0 Å². The zero-order valence-corrected chi connectivity index (χ0v) is 15.4. The topological polar surface area (TPSA) is 77.8 Å². The minimum absolute atomic E-state index is 0.0855. The van der Waals surface area contributed by atoms with Gasteiger partial charge in [-0.3, -0.25) is 4.79 Å². The highest BCUT2D eigenvalue weighted by molar-refractivity contribution is 5.66. The van der Waals surface area contributed by atoms with Gasteiger partial charge in [-0.25, -0.2) is 0 Å². The molecule has 3 unspecified atom stereocenters. The lowest BCUT2D eigenvalue weighted by Gasteiger charge is -2.18. The molecule has 4 nitrogen and oxygen atoms in total. The average molecular weight is 350 g/mol. The number of hydrogen-bond acceptors (Lipinski definition) is 3. The molecule has 1 rings (SSSR count). The minimum Gasteiger partial charge on any atom is -0.481 e. The summed E-state index contributed by atoms with van der Waals surface area (Å²) < 4.78 is 0. The third-order valence-electron chi connectivity index (χ3n) is 4.88. The van der Waals surface area contributed by atoms with Gasteiger partial charge >= 0.3 is 5.97 Å². The molecule has 0 heterocycles. The highest BCUT2D eigenvalue weighted by atomic mass is 16.4. The van der Waals surface area contributed by atoms with E-state index in [4.69, 9.17) is 5.11 Å². The second-order valence-corrected chi connectivity index (χ2v) is 7.06. The molecule has 1 aliphatic rings. The van der Waals surface area contributed by atoms with E-state index in [0.29, 0.717) is 12.8 Å². The molecule has 0 aromatic rings. The third kappa shape index (κ3) is 8.50. The van der Waals surface area contributed by atoms with Gasteiger partial charge in [-0.05, 0) is 38.0 Å². The van der Waals surface area contributed by atoms with Gasteiger partial charge in [-0.1, -0.05) is 62.6 Å². The number of carboxylic acid groups (broad SMARTS) is 1. The van der Waals surface area contributed by atoms with Crippen LogP contribution in [-0.4, -0.2) is 33.5 Å². The Labute approximate surface area is 152 Å². The number of hydrogen-bond donors (Lipinski definition) is 3. The van der Waals surface area contributed by atoms with Gasteiger partial charge in [-0.2, -0.15) is 0 Å². The van der Waals surface area contributed by atoms with E-state index in [9.17, 15) is 15.0 Å². The van der Waals surface area contributed by atoms with Crippen LogP contribution in [-0.2, 0) is 4.79 Å². The molecular weight excluding hydrogens is 316 g/mol. The Morgan fingerprint density at radius 2 is 2.08 bits per heavy atom. The number of unbranched alkanes of at least 4 members (excludes halogenated alkanes) is 3. The van der Waals surface area contributed by atoms with Crippen LogP contribution in [0.5, 0.6) is 0 Å². The van der Waals surface area contributed by atoms with E-state index in [2.05, 4.69) is 13.5 Å². The summed E-state index contributed by atoms with van der Waals surface area (Å²) in [5.74, 6) is -0.583. The van der Waals surface area contributed by atoms with Crippen LogP contribution in [0.3, 0.4) is 0 Å². The molecule has 0 aromatic heterocycles. The van der Waals surface area contributed by atoms with Crippen LogP contribution >= 0.6 is 0 Å². The lowest BCUT2D eigenvalue weighted by atomic mass is 9.89. The lowest BCUT2D eigenvalue weighted by molar-refractivity contribution is -0.137. The van der Waals surface area contributed by atoms with Crippen molar-refractivity contribution in [3.8, 4) is 0 Å². The molecule has 1 fully saturated rings. The highest BCUT2D eigenvalue weighted by Gasteiger charge is 2.35. The first kappa shape index (κ1) is 21.7. The molecule has 0 spiro atoms. The second kappa shape index (κ2) is 12.0. The van der Waals surface area contributed by atoms with Gasteiger partial charge < -0.3 is 15.3 Å². The Morgan fingerprint density at radius 1 is 1.32 bits per heavy atom. The number of rotatable bonds is 12. The van der Waals surface area contributed by atoms with Gasteiger partial charge in [0.05, 0.1) is 12.2 Å². The van der Waals surface area contributed by atoms with Crippen LogP contribution in [0.25, 0.3) is 0 Å². The molecule has 0 aromatic carbocycles. The van der Waals surface area contributed by atoms with Crippen LogP contribution in [0, 0.1) is 11.8 Å². The molecule has 0 aliphatic heterocycles. The Bertz CT molecular complexity index is 467. The summed E-state index contributed by atoms with van der Waals surface area (Å²) in [7, 11) is 0. The normalized spacial score (nSPS) is 25.2. The lowest BCUT2D eigenvalue weighted by Crippen LogP contribution is -2.18. The SMILES string of the molecule is C=C1CC(O)C(C/C=C\CCCC(=O)O)[C@H]1/C=C/C(O)CCCCC. The Hall–Kier alpha value is -1.39.